The van der Waals surface area contributed by atoms with Gasteiger partial charge in [-0.05, 0) is 23.7 Å². The van der Waals surface area contributed by atoms with Gasteiger partial charge in [-0.25, -0.2) is 0 Å². The Hall–Kier alpha value is -0.260. The van der Waals surface area contributed by atoms with Crippen LogP contribution in [0.15, 0.2) is 11.6 Å². The second kappa shape index (κ2) is 3.48. The Balaban J connectivity index is 2.46. The number of rotatable bonds is 4. The molecule has 0 amide bonds. The van der Waals surface area contributed by atoms with Crippen LogP contribution in [0.3, 0.4) is 0 Å². The molecule has 0 aromatic carbocycles. The summed E-state index contributed by atoms with van der Waals surface area (Å²) < 4.78 is 0. The summed E-state index contributed by atoms with van der Waals surface area (Å²) in [4.78, 5) is 0. The standard InChI is InChI=1S/C13H24/c1-6-7-8-9-11-10-12(2,3)13(11,4)5/h10H,6-9H2,1-5H3. The monoisotopic (exact) mass is 180 g/mol. The maximum Gasteiger partial charge on any atom is -0.00588 e. The van der Waals surface area contributed by atoms with Gasteiger partial charge < -0.3 is 0 Å². The fourth-order valence-electron chi connectivity index (χ4n) is 2.08. The van der Waals surface area contributed by atoms with Crippen molar-refractivity contribution in [1.82, 2.24) is 0 Å². The third-order valence-electron chi connectivity index (χ3n) is 4.00. The fraction of sp³-hybridized carbons (Fsp3) is 0.846. The van der Waals surface area contributed by atoms with E-state index < -0.39 is 0 Å². The topological polar surface area (TPSA) is 0 Å². The highest BCUT2D eigenvalue weighted by molar-refractivity contribution is 5.31. The van der Waals surface area contributed by atoms with Crippen molar-refractivity contribution in [3.63, 3.8) is 0 Å². The van der Waals surface area contributed by atoms with Crippen LogP contribution in [-0.2, 0) is 0 Å². The van der Waals surface area contributed by atoms with Crippen LogP contribution in [0, 0.1) is 10.8 Å². The van der Waals surface area contributed by atoms with E-state index in [9.17, 15) is 0 Å². The predicted molar refractivity (Wildman–Crippen MR) is 59.8 cm³/mol. The van der Waals surface area contributed by atoms with Gasteiger partial charge in [-0.1, -0.05) is 59.1 Å². The summed E-state index contributed by atoms with van der Waals surface area (Å²) in [5.41, 5.74) is 2.56. The Labute approximate surface area is 83.4 Å². The van der Waals surface area contributed by atoms with Crippen molar-refractivity contribution in [3.8, 4) is 0 Å². The molecule has 0 fully saturated rings. The highest BCUT2D eigenvalue weighted by Crippen LogP contribution is 2.56. The maximum atomic E-state index is 2.47. The Kier molecular flexibility index (Phi) is 2.89. The first-order valence-corrected chi connectivity index (χ1v) is 5.64. The largest absolute Gasteiger partial charge is 0.0782 e. The summed E-state index contributed by atoms with van der Waals surface area (Å²) in [5, 5.41) is 0. The molecule has 1 rings (SSSR count). The second-order valence-corrected chi connectivity index (χ2v) is 5.47. The van der Waals surface area contributed by atoms with Crippen LogP contribution < -0.4 is 0 Å². The molecule has 0 radical (unpaired) electrons. The van der Waals surface area contributed by atoms with Gasteiger partial charge in [0.05, 0.1) is 0 Å². The summed E-state index contributed by atoms with van der Waals surface area (Å²) in [6.07, 6.45) is 7.89. The highest BCUT2D eigenvalue weighted by Gasteiger charge is 2.45. The zero-order valence-electron chi connectivity index (χ0n) is 9.91. The van der Waals surface area contributed by atoms with Gasteiger partial charge in [0.15, 0.2) is 0 Å². The first-order valence-electron chi connectivity index (χ1n) is 5.64. The molecular formula is C13H24. The van der Waals surface area contributed by atoms with Gasteiger partial charge in [-0.2, -0.15) is 0 Å². The minimum absolute atomic E-state index is 0.425. The van der Waals surface area contributed by atoms with Crippen LogP contribution in [0.2, 0.25) is 0 Å². The van der Waals surface area contributed by atoms with Crippen molar-refractivity contribution in [3.05, 3.63) is 11.6 Å². The van der Waals surface area contributed by atoms with Gasteiger partial charge in [0.1, 0.15) is 0 Å². The van der Waals surface area contributed by atoms with Crippen molar-refractivity contribution in [1.29, 1.82) is 0 Å². The Bertz CT molecular complexity index is 206. The lowest BCUT2D eigenvalue weighted by Crippen LogP contribution is -2.41. The van der Waals surface area contributed by atoms with Crippen molar-refractivity contribution < 1.29 is 0 Å². The third kappa shape index (κ3) is 1.82. The molecule has 1 aliphatic rings. The van der Waals surface area contributed by atoms with E-state index in [0.29, 0.717) is 10.8 Å². The Morgan fingerprint density at radius 2 is 1.69 bits per heavy atom. The van der Waals surface area contributed by atoms with E-state index in [1.807, 2.05) is 0 Å². The lowest BCUT2D eigenvalue weighted by atomic mass is 9.53. The first-order chi connectivity index (χ1) is 5.92. The molecule has 0 bridgehead atoms. The van der Waals surface area contributed by atoms with Gasteiger partial charge in [0, 0.05) is 0 Å². The van der Waals surface area contributed by atoms with Crippen molar-refractivity contribution >= 4 is 0 Å². The van der Waals surface area contributed by atoms with E-state index in [1.165, 1.54) is 25.7 Å². The van der Waals surface area contributed by atoms with Gasteiger partial charge >= 0.3 is 0 Å². The van der Waals surface area contributed by atoms with E-state index >= 15 is 0 Å². The van der Waals surface area contributed by atoms with E-state index in [2.05, 4.69) is 40.7 Å². The minimum Gasteiger partial charge on any atom is -0.0782 e. The molecule has 1 aliphatic carbocycles. The molecule has 0 aliphatic heterocycles. The average Bonchev–Trinajstić information content (AvgIpc) is 2.03. The zero-order valence-corrected chi connectivity index (χ0v) is 9.91. The molecule has 0 saturated heterocycles. The lowest BCUT2D eigenvalue weighted by Gasteiger charge is -2.51. The molecule has 0 aromatic rings. The summed E-state index contributed by atoms with van der Waals surface area (Å²) in [6, 6.07) is 0. The summed E-state index contributed by atoms with van der Waals surface area (Å²) >= 11 is 0. The molecule has 0 heterocycles. The lowest BCUT2D eigenvalue weighted by molar-refractivity contribution is 0.157. The average molecular weight is 180 g/mol. The number of hydrogen-bond donors (Lipinski definition) is 0. The molecule has 13 heavy (non-hydrogen) atoms. The smallest absolute Gasteiger partial charge is 0.00588 e. The van der Waals surface area contributed by atoms with Crippen LogP contribution >= 0.6 is 0 Å². The van der Waals surface area contributed by atoms with Gasteiger partial charge in [0.25, 0.3) is 0 Å². The van der Waals surface area contributed by atoms with E-state index in [1.54, 1.807) is 5.57 Å². The van der Waals surface area contributed by atoms with Gasteiger partial charge in [-0.3, -0.25) is 0 Å². The summed E-state index contributed by atoms with van der Waals surface area (Å²) in [7, 11) is 0. The van der Waals surface area contributed by atoms with Crippen molar-refractivity contribution in [2.24, 2.45) is 10.8 Å². The van der Waals surface area contributed by atoms with E-state index in [-0.39, 0.29) is 0 Å². The molecule has 0 N–H and O–H groups in total. The maximum absolute atomic E-state index is 2.47. The highest BCUT2D eigenvalue weighted by atomic mass is 14.5. The second-order valence-electron chi connectivity index (χ2n) is 5.47. The molecular weight excluding hydrogens is 156 g/mol. The van der Waals surface area contributed by atoms with E-state index in [4.69, 9.17) is 0 Å². The molecule has 0 nitrogen and oxygen atoms in total. The molecule has 0 unspecified atom stereocenters. The number of allylic oxidation sites excluding steroid dienone is 2. The Morgan fingerprint density at radius 3 is 2.08 bits per heavy atom. The Morgan fingerprint density at radius 1 is 1.08 bits per heavy atom. The normalized spacial score (nSPS) is 23.6. The quantitative estimate of drug-likeness (QED) is 0.439. The van der Waals surface area contributed by atoms with Crippen LogP contribution in [0.5, 0.6) is 0 Å². The number of unbranched alkanes of at least 4 members (excludes halogenated alkanes) is 2. The first kappa shape index (κ1) is 10.8. The summed E-state index contributed by atoms with van der Waals surface area (Å²) in [6.45, 7) is 11.7. The van der Waals surface area contributed by atoms with Crippen LogP contribution in [0.25, 0.3) is 0 Å². The molecule has 0 atom stereocenters. The molecule has 0 spiro atoms. The van der Waals surface area contributed by atoms with Crippen LogP contribution in [0.4, 0.5) is 0 Å². The van der Waals surface area contributed by atoms with Crippen LogP contribution in [-0.4, -0.2) is 0 Å². The number of hydrogen-bond acceptors (Lipinski definition) is 0. The van der Waals surface area contributed by atoms with Crippen molar-refractivity contribution in [2.75, 3.05) is 0 Å². The molecule has 0 saturated carbocycles. The molecule has 0 heteroatoms. The fourth-order valence-corrected chi connectivity index (χ4v) is 2.08. The third-order valence-corrected chi connectivity index (χ3v) is 4.00. The van der Waals surface area contributed by atoms with Crippen molar-refractivity contribution in [2.45, 2.75) is 60.3 Å². The van der Waals surface area contributed by atoms with Crippen LogP contribution in [0.1, 0.15) is 60.3 Å². The molecule has 0 aromatic heterocycles. The van der Waals surface area contributed by atoms with Gasteiger partial charge in [0.2, 0.25) is 0 Å². The SMILES string of the molecule is CCCCCC1=CC(C)(C)C1(C)C. The van der Waals surface area contributed by atoms with E-state index in [0.717, 1.165) is 0 Å². The molecule has 76 valence electrons. The minimum atomic E-state index is 0.425. The van der Waals surface area contributed by atoms with Gasteiger partial charge in [-0.15, -0.1) is 0 Å². The zero-order chi connectivity index (χ0) is 10.1. The summed E-state index contributed by atoms with van der Waals surface area (Å²) in [5.74, 6) is 0. The predicted octanol–water partition coefficient (Wildman–Crippen LogP) is 4.56.